The van der Waals surface area contributed by atoms with Crippen molar-refractivity contribution in [2.24, 2.45) is 5.73 Å². The summed E-state index contributed by atoms with van der Waals surface area (Å²) in [5, 5.41) is 10.6. The summed E-state index contributed by atoms with van der Waals surface area (Å²) in [4.78, 5) is 27.2. The van der Waals surface area contributed by atoms with Crippen LogP contribution in [0.1, 0.15) is 24.1 Å². The monoisotopic (exact) mass is 632 g/mol. The molecule has 0 aliphatic carbocycles. The highest BCUT2D eigenvalue weighted by Gasteiger charge is 2.42. The van der Waals surface area contributed by atoms with Gasteiger partial charge in [-0.25, -0.2) is 4.79 Å². The number of hydrogen-bond acceptors (Lipinski definition) is 10. The SMILES string of the molecule is CCOc1cc(C(Nc2ccc(C(=N)N)c(OC(=O)C(F)(F)F)c2)C(=O)NNc2ccccc2OC)ccc1OCCN(C)C. The van der Waals surface area contributed by atoms with Crippen molar-refractivity contribution in [3.8, 4) is 23.0 Å². The quantitative estimate of drug-likeness (QED) is 0.0543. The van der Waals surface area contributed by atoms with E-state index >= 15 is 0 Å². The number of nitrogens with two attached hydrogens (primary N) is 1. The van der Waals surface area contributed by atoms with Crippen LogP contribution in [0.15, 0.2) is 60.7 Å². The first-order valence-corrected chi connectivity index (χ1v) is 13.6. The molecule has 0 heterocycles. The van der Waals surface area contributed by atoms with Gasteiger partial charge in [-0.2, -0.15) is 13.2 Å². The first-order chi connectivity index (χ1) is 21.3. The molecule has 0 bridgehead atoms. The second-order valence-electron chi connectivity index (χ2n) is 9.69. The molecule has 242 valence electrons. The van der Waals surface area contributed by atoms with Crippen molar-refractivity contribution < 1.29 is 41.7 Å². The lowest BCUT2D eigenvalue weighted by Gasteiger charge is -2.23. The normalized spacial score (nSPS) is 11.7. The van der Waals surface area contributed by atoms with E-state index < -0.39 is 35.7 Å². The van der Waals surface area contributed by atoms with Crippen LogP contribution in [0.3, 0.4) is 0 Å². The molecule has 0 spiro atoms. The number of carbonyl (C=O) groups excluding carboxylic acids is 2. The number of hydrogen-bond donors (Lipinski definition) is 5. The molecule has 1 unspecified atom stereocenters. The summed E-state index contributed by atoms with van der Waals surface area (Å²) in [6.45, 7) is 3.11. The molecule has 3 rings (SSSR count). The Kier molecular flexibility index (Phi) is 11.8. The number of halogens is 3. The lowest BCUT2D eigenvalue weighted by molar-refractivity contribution is -0.189. The molecule has 6 N–H and O–H groups in total. The fourth-order valence-electron chi connectivity index (χ4n) is 3.92. The van der Waals surface area contributed by atoms with E-state index in [4.69, 9.17) is 25.4 Å². The summed E-state index contributed by atoms with van der Waals surface area (Å²) in [7, 11) is 5.28. The van der Waals surface area contributed by atoms with Gasteiger partial charge in [0.15, 0.2) is 11.5 Å². The van der Waals surface area contributed by atoms with Crippen LogP contribution >= 0.6 is 0 Å². The standard InChI is InChI=1S/C30H35F3N6O6/c1-5-43-25-16-18(10-13-23(25)44-15-14-39(2)3)26(28(40)38-37-21-8-6-7-9-22(21)42-4)36-19-11-12-20(27(34)35)24(17-19)45-29(41)30(31,32)33/h6-13,16-17,26,36-37H,5,14-15H2,1-4H3,(H3,34,35)(H,38,40). The first-order valence-electron chi connectivity index (χ1n) is 13.6. The third-order valence-electron chi connectivity index (χ3n) is 6.10. The molecule has 1 amide bonds. The largest absolute Gasteiger partial charge is 0.495 e. The van der Waals surface area contributed by atoms with Gasteiger partial charge in [0, 0.05) is 18.3 Å². The Morgan fingerprint density at radius 1 is 0.978 bits per heavy atom. The zero-order valence-electron chi connectivity index (χ0n) is 25.1. The minimum Gasteiger partial charge on any atom is -0.495 e. The average molecular weight is 633 g/mol. The number of carbonyl (C=O) groups is 2. The Morgan fingerprint density at radius 2 is 1.71 bits per heavy atom. The Bertz CT molecular complexity index is 1500. The molecule has 0 aliphatic heterocycles. The molecule has 1 atom stereocenters. The number of nitrogen functional groups attached to an aromatic ring is 1. The highest BCUT2D eigenvalue weighted by atomic mass is 19.4. The Balaban J connectivity index is 2.01. The molecule has 0 aromatic heterocycles. The van der Waals surface area contributed by atoms with Crippen LogP contribution in [-0.4, -0.2) is 69.8 Å². The average Bonchev–Trinajstić information content (AvgIpc) is 2.99. The molecule has 0 fully saturated rings. The number of amidine groups is 1. The van der Waals surface area contributed by atoms with Gasteiger partial charge in [-0.05, 0) is 63.0 Å². The van der Waals surface area contributed by atoms with Gasteiger partial charge in [0.2, 0.25) is 0 Å². The lowest BCUT2D eigenvalue weighted by Crippen LogP contribution is -2.37. The summed E-state index contributed by atoms with van der Waals surface area (Å²) < 4.78 is 60.4. The number of para-hydroxylation sites is 2. The van der Waals surface area contributed by atoms with Crippen molar-refractivity contribution >= 4 is 29.1 Å². The van der Waals surface area contributed by atoms with Crippen LogP contribution < -0.4 is 40.8 Å². The number of hydrazine groups is 1. The zero-order chi connectivity index (χ0) is 33.1. The van der Waals surface area contributed by atoms with Crippen molar-refractivity contribution in [3.05, 3.63) is 71.8 Å². The number of nitrogens with one attached hydrogen (secondary N) is 4. The molecule has 12 nitrogen and oxygen atoms in total. The molecular weight excluding hydrogens is 597 g/mol. The number of ether oxygens (including phenoxy) is 4. The highest BCUT2D eigenvalue weighted by Crippen LogP contribution is 2.34. The number of likely N-dealkylation sites (N-methyl/N-ethyl adjacent to an activating group) is 1. The second kappa shape index (κ2) is 15.5. The number of amides is 1. The van der Waals surface area contributed by atoms with Crippen molar-refractivity contribution in [3.63, 3.8) is 0 Å². The summed E-state index contributed by atoms with van der Waals surface area (Å²) in [6, 6.07) is 14.1. The Hall–Kier alpha value is -5.18. The zero-order valence-corrected chi connectivity index (χ0v) is 25.1. The fourth-order valence-corrected chi connectivity index (χ4v) is 3.92. The Morgan fingerprint density at radius 3 is 2.36 bits per heavy atom. The Labute approximate surface area is 258 Å². The molecule has 15 heteroatoms. The number of anilines is 2. The fraction of sp³-hybridized carbons (Fsp3) is 0.300. The van der Waals surface area contributed by atoms with Gasteiger partial charge in [0.25, 0.3) is 5.91 Å². The molecule has 0 radical (unpaired) electrons. The van der Waals surface area contributed by atoms with E-state index in [1.165, 1.54) is 19.2 Å². The summed E-state index contributed by atoms with van der Waals surface area (Å²) >= 11 is 0. The number of benzene rings is 3. The van der Waals surface area contributed by atoms with Gasteiger partial charge in [-0.1, -0.05) is 18.2 Å². The van der Waals surface area contributed by atoms with E-state index in [1.807, 2.05) is 19.0 Å². The van der Waals surface area contributed by atoms with Crippen LogP contribution in [0, 0.1) is 5.41 Å². The van der Waals surface area contributed by atoms with E-state index in [-0.39, 0.29) is 11.3 Å². The molecule has 45 heavy (non-hydrogen) atoms. The smallest absolute Gasteiger partial charge is 0.491 e. The molecule has 3 aromatic rings. The topological polar surface area (TPSA) is 160 Å². The maximum Gasteiger partial charge on any atom is 0.491 e. The van der Waals surface area contributed by atoms with Gasteiger partial charge in [0.05, 0.1) is 25.0 Å². The summed E-state index contributed by atoms with van der Waals surface area (Å²) in [5.41, 5.74) is 11.6. The predicted molar refractivity (Wildman–Crippen MR) is 162 cm³/mol. The van der Waals surface area contributed by atoms with Crippen molar-refractivity contribution in [2.45, 2.75) is 19.1 Å². The molecule has 0 saturated carbocycles. The predicted octanol–water partition coefficient (Wildman–Crippen LogP) is 4.08. The van der Waals surface area contributed by atoms with Crippen molar-refractivity contribution in [1.29, 1.82) is 5.41 Å². The number of alkyl halides is 3. The van der Waals surface area contributed by atoms with Crippen LogP contribution in [0.4, 0.5) is 24.5 Å². The second-order valence-corrected chi connectivity index (χ2v) is 9.69. The van der Waals surface area contributed by atoms with Gasteiger partial charge < -0.3 is 34.9 Å². The molecule has 0 aliphatic rings. The highest BCUT2D eigenvalue weighted by molar-refractivity contribution is 5.99. The van der Waals surface area contributed by atoms with E-state index in [2.05, 4.69) is 20.9 Å². The van der Waals surface area contributed by atoms with Gasteiger partial charge in [-0.3, -0.25) is 21.1 Å². The van der Waals surface area contributed by atoms with E-state index in [9.17, 15) is 22.8 Å². The summed E-state index contributed by atoms with van der Waals surface area (Å²) in [5.74, 6) is -3.11. The van der Waals surface area contributed by atoms with Gasteiger partial charge >= 0.3 is 12.1 Å². The molecular formula is C30H35F3N6O6. The number of rotatable bonds is 15. The molecule has 0 saturated heterocycles. The minimum atomic E-state index is -5.30. The number of nitrogens with zero attached hydrogens (tertiary/aromatic N) is 1. The van der Waals surface area contributed by atoms with E-state index in [0.29, 0.717) is 48.3 Å². The molecule has 3 aromatic carbocycles. The van der Waals surface area contributed by atoms with E-state index in [1.54, 1.807) is 49.4 Å². The minimum absolute atomic E-state index is 0.0756. The number of methoxy groups -OCH3 is 1. The number of esters is 1. The maximum atomic E-state index is 13.6. The third kappa shape index (κ3) is 9.66. The van der Waals surface area contributed by atoms with Crippen molar-refractivity contribution in [2.75, 3.05) is 51.7 Å². The lowest BCUT2D eigenvalue weighted by atomic mass is 10.0. The summed E-state index contributed by atoms with van der Waals surface area (Å²) in [6.07, 6.45) is -5.30. The first kappa shape index (κ1) is 34.3. The van der Waals surface area contributed by atoms with Crippen molar-refractivity contribution in [1.82, 2.24) is 10.3 Å². The van der Waals surface area contributed by atoms with Gasteiger partial charge in [0.1, 0.15) is 30.0 Å². The van der Waals surface area contributed by atoms with Crippen LogP contribution in [-0.2, 0) is 9.59 Å². The maximum absolute atomic E-state index is 13.6. The third-order valence-corrected chi connectivity index (χ3v) is 6.10. The van der Waals surface area contributed by atoms with Gasteiger partial charge in [-0.15, -0.1) is 0 Å². The van der Waals surface area contributed by atoms with Crippen LogP contribution in [0.25, 0.3) is 0 Å². The van der Waals surface area contributed by atoms with E-state index in [0.717, 1.165) is 6.07 Å². The van der Waals surface area contributed by atoms with Crippen LogP contribution in [0.2, 0.25) is 0 Å². The van der Waals surface area contributed by atoms with Crippen LogP contribution in [0.5, 0.6) is 23.0 Å².